The van der Waals surface area contributed by atoms with Gasteiger partial charge in [0.25, 0.3) is 0 Å². The molecule has 0 aromatic rings. The second-order valence-electron chi connectivity index (χ2n) is 5.59. The molecule has 0 spiro atoms. The quantitative estimate of drug-likeness (QED) is 0.670. The van der Waals surface area contributed by atoms with E-state index in [1.54, 1.807) is 11.9 Å². The SMILES string of the molecule is CCC1CCN(C2=NSCC3C=CC=C2C3)CC1. The molecule has 0 amide bonds. The Morgan fingerprint density at radius 2 is 2.22 bits per heavy atom. The van der Waals surface area contributed by atoms with Crippen molar-refractivity contribution in [1.82, 2.24) is 4.90 Å². The maximum Gasteiger partial charge on any atom is 0.139 e. The zero-order chi connectivity index (χ0) is 12.4. The van der Waals surface area contributed by atoms with E-state index in [4.69, 9.17) is 4.40 Å². The highest BCUT2D eigenvalue weighted by molar-refractivity contribution is 7.98. The number of rotatable bonds is 1. The van der Waals surface area contributed by atoms with Gasteiger partial charge in [-0.1, -0.05) is 31.6 Å². The zero-order valence-corrected chi connectivity index (χ0v) is 12.0. The third-order valence-corrected chi connectivity index (χ3v) is 5.26. The molecule has 0 aromatic heterocycles. The highest BCUT2D eigenvalue weighted by atomic mass is 32.2. The first-order valence-corrected chi connectivity index (χ1v) is 8.13. The Hall–Kier alpha value is -0.700. The number of hydrogen-bond acceptors (Lipinski definition) is 3. The largest absolute Gasteiger partial charge is 0.356 e. The van der Waals surface area contributed by atoms with E-state index in [-0.39, 0.29) is 0 Å². The van der Waals surface area contributed by atoms with Crippen LogP contribution in [0.25, 0.3) is 0 Å². The molecule has 0 radical (unpaired) electrons. The van der Waals surface area contributed by atoms with Gasteiger partial charge in [0, 0.05) is 18.8 Å². The highest BCUT2D eigenvalue weighted by Crippen LogP contribution is 2.31. The summed E-state index contributed by atoms with van der Waals surface area (Å²) in [5.41, 5.74) is 1.46. The Labute approximate surface area is 114 Å². The molecule has 2 aliphatic heterocycles. The Morgan fingerprint density at radius 1 is 1.39 bits per heavy atom. The van der Waals surface area contributed by atoms with Gasteiger partial charge < -0.3 is 4.90 Å². The van der Waals surface area contributed by atoms with Crippen molar-refractivity contribution in [3.63, 3.8) is 0 Å². The number of likely N-dealkylation sites (tertiary alicyclic amines) is 1. The molecule has 3 rings (SSSR count). The lowest BCUT2D eigenvalue weighted by Crippen LogP contribution is -2.39. The maximum absolute atomic E-state index is 4.79. The molecule has 2 heterocycles. The number of hydrogen-bond donors (Lipinski definition) is 0. The van der Waals surface area contributed by atoms with Crippen LogP contribution < -0.4 is 0 Å². The first kappa shape index (κ1) is 12.3. The average Bonchev–Trinajstić information content (AvgIpc) is 2.57. The van der Waals surface area contributed by atoms with Gasteiger partial charge in [-0.15, -0.1) is 0 Å². The molecule has 3 heteroatoms. The van der Waals surface area contributed by atoms with Crippen LogP contribution in [0.3, 0.4) is 0 Å². The van der Waals surface area contributed by atoms with Gasteiger partial charge in [0.05, 0.1) is 0 Å². The second kappa shape index (κ2) is 5.52. The van der Waals surface area contributed by atoms with Crippen LogP contribution in [0.2, 0.25) is 0 Å². The normalized spacial score (nSPS) is 28.7. The van der Waals surface area contributed by atoms with E-state index in [1.165, 1.54) is 50.2 Å². The Balaban J connectivity index is 1.73. The van der Waals surface area contributed by atoms with Crippen LogP contribution in [0.5, 0.6) is 0 Å². The van der Waals surface area contributed by atoms with Crippen LogP contribution in [0.15, 0.2) is 28.2 Å². The summed E-state index contributed by atoms with van der Waals surface area (Å²) in [5, 5.41) is 0. The summed E-state index contributed by atoms with van der Waals surface area (Å²) >= 11 is 1.75. The van der Waals surface area contributed by atoms with Gasteiger partial charge >= 0.3 is 0 Å². The lowest BCUT2D eigenvalue weighted by molar-refractivity contribution is 0.261. The van der Waals surface area contributed by atoms with Gasteiger partial charge in [0.15, 0.2) is 0 Å². The van der Waals surface area contributed by atoms with Gasteiger partial charge in [-0.2, -0.15) is 4.40 Å². The molecule has 2 nitrogen and oxygen atoms in total. The minimum absolute atomic E-state index is 0.699. The molecular formula is C15H22N2S. The highest BCUT2D eigenvalue weighted by Gasteiger charge is 2.26. The summed E-state index contributed by atoms with van der Waals surface area (Å²) in [4.78, 5) is 2.52. The summed E-state index contributed by atoms with van der Waals surface area (Å²) in [6.07, 6.45) is 12.0. The van der Waals surface area contributed by atoms with Crippen LogP contribution in [-0.4, -0.2) is 29.6 Å². The number of piperidine rings is 1. The molecule has 98 valence electrons. The van der Waals surface area contributed by atoms with Crippen molar-refractivity contribution in [3.05, 3.63) is 23.8 Å². The summed E-state index contributed by atoms with van der Waals surface area (Å²) in [6, 6.07) is 0. The van der Waals surface area contributed by atoms with Crippen LogP contribution in [0.1, 0.15) is 32.6 Å². The van der Waals surface area contributed by atoms with Crippen LogP contribution in [0.4, 0.5) is 0 Å². The summed E-state index contributed by atoms with van der Waals surface area (Å²) in [7, 11) is 0. The third-order valence-electron chi connectivity index (χ3n) is 4.38. The standard InChI is InChI=1S/C15H22N2S/c1-2-12-6-8-17(9-7-12)15-14-5-3-4-13(10-14)11-18-16-15/h3-5,12-13H,2,6-11H2,1H3. The fourth-order valence-electron chi connectivity index (χ4n) is 3.09. The van der Waals surface area contributed by atoms with Crippen molar-refractivity contribution < 1.29 is 0 Å². The van der Waals surface area contributed by atoms with Crippen LogP contribution in [-0.2, 0) is 0 Å². The zero-order valence-electron chi connectivity index (χ0n) is 11.1. The molecule has 1 unspecified atom stereocenters. The van der Waals surface area contributed by atoms with Crippen molar-refractivity contribution in [1.29, 1.82) is 0 Å². The molecule has 0 saturated carbocycles. The molecule has 1 atom stereocenters. The average molecular weight is 262 g/mol. The number of nitrogens with zero attached hydrogens (tertiary/aromatic N) is 2. The predicted octanol–water partition coefficient (Wildman–Crippen LogP) is 3.67. The van der Waals surface area contributed by atoms with E-state index >= 15 is 0 Å². The van der Waals surface area contributed by atoms with Crippen molar-refractivity contribution >= 4 is 17.8 Å². The minimum Gasteiger partial charge on any atom is -0.356 e. The van der Waals surface area contributed by atoms with E-state index in [2.05, 4.69) is 30.1 Å². The van der Waals surface area contributed by atoms with E-state index in [9.17, 15) is 0 Å². The molecule has 2 bridgehead atoms. The number of fused-ring (bicyclic) bond motifs is 2. The smallest absolute Gasteiger partial charge is 0.139 e. The van der Waals surface area contributed by atoms with Gasteiger partial charge in [0.2, 0.25) is 0 Å². The lowest BCUT2D eigenvalue weighted by Gasteiger charge is -2.34. The van der Waals surface area contributed by atoms with Gasteiger partial charge in [-0.05, 0) is 48.6 Å². The van der Waals surface area contributed by atoms with Crippen molar-refractivity contribution in [3.8, 4) is 0 Å². The molecule has 1 aliphatic carbocycles. The topological polar surface area (TPSA) is 15.6 Å². The van der Waals surface area contributed by atoms with Crippen molar-refractivity contribution in [2.75, 3.05) is 18.8 Å². The van der Waals surface area contributed by atoms with Gasteiger partial charge in [0.1, 0.15) is 5.84 Å². The molecule has 18 heavy (non-hydrogen) atoms. The molecule has 0 N–H and O–H groups in total. The molecule has 1 fully saturated rings. The summed E-state index contributed by atoms with van der Waals surface area (Å²) < 4.78 is 4.79. The minimum atomic E-state index is 0.699. The third kappa shape index (κ3) is 2.51. The summed E-state index contributed by atoms with van der Waals surface area (Å²) in [6.45, 7) is 4.71. The van der Waals surface area contributed by atoms with Crippen molar-refractivity contribution in [2.45, 2.75) is 32.6 Å². The second-order valence-corrected chi connectivity index (χ2v) is 6.36. The van der Waals surface area contributed by atoms with E-state index < -0.39 is 0 Å². The number of amidine groups is 1. The molecule has 0 aromatic carbocycles. The van der Waals surface area contributed by atoms with Gasteiger partial charge in [-0.25, -0.2) is 0 Å². The maximum atomic E-state index is 4.79. The predicted molar refractivity (Wildman–Crippen MR) is 79.8 cm³/mol. The first-order chi connectivity index (χ1) is 8.86. The van der Waals surface area contributed by atoms with E-state index in [1.807, 2.05) is 0 Å². The van der Waals surface area contributed by atoms with Gasteiger partial charge in [-0.3, -0.25) is 0 Å². The molecular weight excluding hydrogens is 240 g/mol. The van der Waals surface area contributed by atoms with E-state index in [0.717, 1.165) is 11.7 Å². The Kier molecular flexibility index (Phi) is 3.78. The first-order valence-electron chi connectivity index (χ1n) is 7.19. The summed E-state index contributed by atoms with van der Waals surface area (Å²) in [5.74, 6) is 4.06. The Bertz CT molecular complexity index is 389. The monoisotopic (exact) mass is 262 g/mol. The Morgan fingerprint density at radius 3 is 3.00 bits per heavy atom. The molecule has 1 saturated heterocycles. The van der Waals surface area contributed by atoms with Crippen molar-refractivity contribution in [2.24, 2.45) is 16.2 Å². The number of allylic oxidation sites excluding steroid dienone is 3. The van der Waals surface area contributed by atoms with Crippen LogP contribution >= 0.6 is 11.9 Å². The fourth-order valence-corrected chi connectivity index (χ4v) is 3.94. The fraction of sp³-hybridized carbons (Fsp3) is 0.667. The molecule has 3 aliphatic rings. The van der Waals surface area contributed by atoms with Crippen LogP contribution in [0, 0.1) is 11.8 Å². The van der Waals surface area contributed by atoms with E-state index in [0.29, 0.717) is 5.92 Å². The lowest BCUT2D eigenvalue weighted by atomic mass is 9.91.